The van der Waals surface area contributed by atoms with E-state index < -0.39 is 41.6 Å². The molecule has 0 radical (unpaired) electrons. The van der Waals surface area contributed by atoms with Crippen molar-refractivity contribution in [2.24, 2.45) is 0 Å². The molecule has 0 aliphatic carbocycles. The number of carbonyl (C=O) groups excluding carboxylic acids is 1. The van der Waals surface area contributed by atoms with Crippen LogP contribution < -0.4 is 5.32 Å². The molecule has 17 heavy (non-hydrogen) atoms. The maximum Gasteiger partial charge on any atom is 0.328 e. The molecule has 92 valence electrons. The van der Waals surface area contributed by atoms with Gasteiger partial charge in [0, 0.05) is 0 Å². The lowest BCUT2D eigenvalue weighted by Crippen LogP contribution is -2.43. The number of carboxylic acids is 1. The molecule has 0 bridgehead atoms. The molecule has 1 aromatic carbocycles. The number of aromatic hydroxyl groups is 2. The predicted octanol–water partition coefficient (Wildman–Crippen LogP) is -0.727. The molecule has 7 nitrogen and oxygen atoms in total. The number of rotatable bonds is 4. The zero-order valence-corrected chi connectivity index (χ0v) is 8.62. The van der Waals surface area contributed by atoms with Crippen LogP contribution >= 0.6 is 0 Å². The van der Waals surface area contributed by atoms with E-state index in [1.54, 1.807) is 0 Å². The molecule has 1 amide bonds. The molecule has 1 atom stereocenters. The number of hydrogen-bond donors (Lipinski definition) is 5. The van der Waals surface area contributed by atoms with Gasteiger partial charge in [-0.2, -0.15) is 0 Å². The number of nitrogens with one attached hydrogen (secondary N) is 1. The number of carbonyl (C=O) groups is 2. The van der Waals surface area contributed by atoms with Gasteiger partial charge < -0.3 is 25.7 Å². The SMILES string of the molecule is O=C(NC(CO)C(=O)O)c1c(O)cccc1O. The summed E-state index contributed by atoms with van der Waals surface area (Å²) in [6.45, 7) is -0.796. The fourth-order valence-corrected chi connectivity index (χ4v) is 1.18. The fourth-order valence-electron chi connectivity index (χ4n) is 1.18. The lowest BCUT2D eigenvalue weighted by molar-refractivity contribution is -0.140. The van der Waals surface area contributed by atoms with E-state index in [0.29, 0.717) is 0 Å². The van der Waals surface area contributed by atoms with E-state index in [1.165, 1.54) is 18.2 Å². The smallest absolute Gasteiger partial charge is 0.328 e. The van der Waals surface area contributed by atoms with E-state index in [0.717, 1.165) is 0 Å². The maximum atomic E-state index is 11.6. The second-order valence-electron chi connectivity index (χ2n) is 3.22. The van der Waals surface area contributed by atoms with E-state index in [-0.39, 0.29) is 0 Å². The third kappa shape index (κ3) is 2.85. The molecular weight excluding hydrogens is 230 g/mol. The summed E-state index contributed by atoms with van der Waals surface area (Å²) in [5, 5.41) is 38.0. The summed E-state index contributed by atoms with van der Waals surface area (Å²) in [6.07, 6.45) is 0. The predicted molar refractivity (Wildman–Crippen MR) is 55.7 cm³/mol. The molecule has 7 heteroatoms. The molecule has 0 aliphatic heterocycles. The molecule has 0 spiro atoms. The number of aliphatic hydroxyl groups excluding tert-OH is 1. The number of aliphatic carboxylic acids is 1. The number of aliphatic hydroxyl groups is 1. The van der Waals surface area contributed by atoms with Crippen LogP contribution in [0.15, 0.2) is 18.2 Å². The summed E-state index contributed by atoms with van der Waals surface area (Å²) in [5.41, 5.74) is -0.438. The average molecular weight is 241 g/mol. The normalized spacial score (nSPS) is 11.8. The largest absolute Gasteiger partial charge is 0.507 e. The molecule has 1 rings (SSSR count). The highest BCUT2D eigenvalue weighted by atomic mass is 16.4. The van der Waals surface area contributed by atoms with Gasteiger partial charge in [-0.05, 0) is 12.1 Å². The van der Waals surface area contributed by atoms with Gasteiger partial charge in [0.15, 0.2) is 6.04 Å². The van der Waals surface area contributed by atoms with Crippen molar-refractivity contribution < 1.29 is 30.0 Å². The quantitative estimate of drug-likeness (QED) is 0.473. The third-order valence-electron chi connectivity index (χ3n) is 2.03. The Morgan fingerprint density at radius 1 is 1.24 bits per heavy atom. The van der Waals surface area contributed by atoms with Crippen molar-refractivity contribution >= 4 is 11.9 Å². The third-order valence-corrected chi connectivity index (χ3v) is 2.03. The molecule has 0 saturated heterocycles. The molecular formula is C10H11NO6. The molecule has 1 aromatic rings. The van der Waals surface area contributed by atoms with Crippen LogP contribution in [0.25, 0.3) is 0 Å². The standard InChI is InChI=1S/C10H11NO6/c12-4-5(10(16)17)11-9(15)8-6(13)2-1-3-7(8)14/h1-3,5,12-14H,4H2,(H,11,15)(H,16,17). The maximum absolute atomic E-state index is 11.6. The van der Waals surface area contributed by atoms with E-state index in [9.17, 15) is 19.8 Å². The van der Waals surface area contributed by atoms with Gasteiger partial charge in [-0.1, -0.05) is 6.07 Å². The lowest BCUT2D eigenvalue weighted by atomic mass is 10.1. The van der Waals surface area contributed by atoms with Crippen LogP contribution in [-0.2, 0) is 4.79 Å². The monoisotopic (exact) mass is 241 g/mol. The summed E-state index contributed by atoms with van der Waals surface area (Å²) < 4.78 is 0. The highest BCUT2D eigenvalue weighted by molar-refractivity contribution is 6.01. The van der Waals surface area contributed by atoms with E-state index >= 15 is 0 Å². The summed E-state index contributed by atoms with van der Waals surface area (Å²) >= 11 is 0. The second-order valence-corrected chi connectivity index (χ2v) is 3.22. The molecule has 0 aromatic heterocycles. The minimum Gasteiger partial charge on any atom is -0.507 e. The minimum atomic E-state index is -1.50. The zero-order chi connectivity index (χ0) is 13.0. The number of amides is 1. The molecule has 1 unspecified atom stereocenters. The van der Waals surface area contributed by atoms with Crippen LogP contribution in [0.3, 0.4) is 0 Å². The van der Waals surface area contributed by atoms with Crippen molar-refractivity contribution in [3.63, 3.8) is 0 Å². The van der Waals surface area contributed by atoms with Crippen molar-refractivity contribution in [2.45, 2.75) is 6.04 Å². The first-order valence-electron chi connectivity index (χ1n) is 4.62. The van der Waals surface area contributed by atoms with Crippen LogP contribution in [-0.4, -0.2) is 45.0 Å². The summed E-state index contributed by atoms with van der Waals surface area (Å²) in [5.74, 6) is -3.37. The van der Waals surface area contributed by atoms with E-state index in [1.807, 2.05) is 5.32 Å². The highest BCUT2D eigenvalue weighted by Gasteiger charge is 2.23. The fraction of sp³-hybridized carbons (Fsp3) is 0.200. The molecule has 0 aliphatic rings. The zero-order valence-electron chi connectivity index (χ0n) is 8.62. The van der Waals surface area contributed by atoms with Gasteiger partial charge in [0.05, 0.1) is 6.61 Å². The van der Waals surface area contributed by atoms with Crippen LogP contribution in [0.5, 0.6) is 11.5 Å². The Morgan fingerprint density at radius 2 is 1.76 bits per heavy atom. The van der Waals surface area contributed by atoms with Crippen LogP contribution in [0.1, 0.15) is 10.4 Å². The summed E-state index contributed by atoms with van der Waals surface area (Å²) in [4.78, 5) is 22.1. The topological polar surface area (TPSA) is 127 Å². The van der Waals surface area contributed by atoms with Gasteiger partial charge in [0.2, 0.25) is 0 Å². The average Bonchev–Trinajstić information content (AvgIpc) is 2.25. The van der Waals surface area contributed by atoms with Gasteiger partial charge in [-0.25, -0.2) is 4.79 Å². The first kappa shape index (κ1) is 12.8. The Morgan fingerprint density at radius 3 is 2.18 bits per heavy atom. The Bertz CT molecular complexity index is 424. The number of carboxylic acid groups (broad SMARTS) is 1. The van der Waals surface area contributed by atoms with Gasteiger partial charge in [0.1, 0.15) is 17.1 Å². The highest BCUT2D eigenvalue weighted by Crippen LogP contribution is 2.25. The Kier molecular flexibility index (Phi) is 3.89. The van der Waals surface area contributed by atoms with Gasteiger partial charge in [-0.15, -0.1) is 0 Å². The van der Waals surface area contributed by atoms with Crippen molar-refractivity contribution in [3.05, 3.63) is 23.8 Å². The van der Waals surface area contributed by atoms with Crippen LogP contribution in [0.4, 0.5) is 0 Å². The summed E-state index contributed by atoms with van der Waals surface area (Å²) in [6, 6.07) is 2.16. The number of hydrogen-bond acceptors (Lipinski definition) is 5. The van der Waals surface area contributed by atoms with E-state index in [4.69, 9.17) is 10.2 Å². The molecule has 0 heterocycles. The van der Waals surface area contributed by atoms with Crippen molar-refractivity contribution in [3.8, 4) is 11.5 Å². The van der Waals surface area contributed by atoms with Crippen molar-refractivity contribution in [1.29, 1.82) is 0 Å². The number of phenols is 2. The second kappa shape index (κ2) is 5.17. The minimum absolute atomic E-state index is 0.438. The molecule has 5 N–H and O–H groups in total. The van der Waals surface area contributed by atoms with Crippen molar-refractivity contribution in [2.75, 3.05) is 6.61 Å². The van der Waals surface area contributed by atoms with Gasteiger partial charge in [-0.3, -0.25) is 4.79 Å². The lowest BCUT2D eigenvalue weighted by Gasteiger charge is -2.12. The Labute approximate surface area is 95.9 Å². The summed E-state index contributed by atoms with van der Waals surface area (Å²) in [7, 11) is 0. The Balaban J connectivity index is 2.94. The van der Waals surface area contributed by atoms with Crippen molar-refractivity contribution in [1.82, 2.24) is 5.32 Å². The number of benzene rings is 1. The first-order chi connectivity index (χ1) is 7.97. The molecule has 0 fully saturated rings. The first-order valence-corrected chi connectivity index (χ1v) is 4.62. The van der Waals surface area contributed by atoms with Gasteiger partial charge >= 0.3 is 5.97 Å². The Hall–Kier alpha value is -2.28. The van der Waals surface area contributed by atoms with Crippen LogP contribution in [0.2, 0.25) is 0 Å². The number of phenolic OH excluding ortho intramolecular Hbond substituents is 2. The van der Waals surface area contributed by atoms with Crippen LogP contribution in [0, 0.1) is 0 Å². The molecule has 0 saturated carbocycles. The van der Waals surface area contributed by atoms with E-state index in [2.05, 4.69) is 0 Å². The van der Waals surface area contributed by atoms with Gasteiger partial charge in [0.25, 0.3) is 5.91 Å².